The molecule has 2 spiro atoms. The van der Waals surface area contributed by atoms with Gasteiger partial charge in [0.25, 0.3) is 0 Å². The van der Waals surface area contributed by atoms with Crippen molar-refractivity contribution in [1.29, 1.82) is 0 Å². The van der Waals surface area contributed by atoms with Gasteiger partial charge in [-0.3, -0.25) is 4.99 Å². The van der Waals surface area contributed by atoms with Crippen LogP contribution in [0.4, 0.5) is 0 Å². The Hall–Kier alpha value is -1.20. The lowest BCUT2D eigenvalue weighted by Crippen LogP contribution is -2.43. The number of nitrogens with two attached hydrogens (primary N) is 1. The lowest BCUT2D eigenvalue weighted by Gasteiger charge is -2.44. The topological polar surface area (TPSA) is 60.0 Å². The van der Waals surface area contributed by atoms with Crippen molar-refractivity contribution in [2.75, 3.05) is 7.11 Å². The Bertz CT molecular complexity index is 734. The van der Waals surface area contributed by atoms with Gasteiger partial charge in [0.1, 0.15) is 5.84 Å². The van der Waals surface area contributed by atoms with Crippen LogP contribution >= 0.6 is 15.9 Å². The van der Waals surface area contributed by atoms with Crippen LogP contribution in [0.25, 0.3) is 0 Å². The number of hydrogen-bond donors (Lipinski definition) is 1. The molecule has 0 aromatic heterocycles. The molecule has 1 unspecified atom stereocenters. The monoisotopic (exact) mass is 389 g/mol. The molecule has 1 aromatic carbocycles. The third-order valence-electron chi connectivity index (χ3n) is 6.15. The maximum atomic E-state index is 6.27. The standard InChI is InChI=1S/C19H24BrN3O/c1-3-16-17(21)23-19(22-16)15-10-13(20)5-4-12(15)11-18(19)8-6-14(24-2)7-9-18/h4-5,10,14H,3,6-9,11H2,1-2H3,(H2,21,23)/t14-,18-,19?. The normalized spacial score (nSPS) is 34.5. The van der Waals surface area contributed by atoms with Crippen molar-refractivity contribution < 1.29 is 4.74 Å². The summed E-state index contributed by atoms with van der Waals surface area (Å²) in [5.41, 5.74) is 9.33. The van der Waals surface area contributed by atoms with Gasteiger partial charge in [-0.05, 0) is 56.2 Å². The van der Waals surface area contributed by atoms with Gasteiger partial charge in [-0.1, -0.05) is 28.9 Å². The summed E-state index contributed by atoms with van der Waals surface area (Å²) >= 11 is 3.63. The molecule has 0 bridgehead atoms. The summed E-state index contributed by atoms with van der Waals surface area (Å²) in [6.45, 7) is 2.10. The fourth-order valence-corrected chi connectivity index (χ4v) is 5.20. The third kappa shape index (κ3) is 2.14. The number of benzene rings is 1. The second-order valence-corrected chi connectivity index (χ2v) is 8.19. The molecule has 2 aliphatic carbocycles. The molecule has 128 valence electrons. The summed E-state index contributed by atoms with van der Waals surface area (Å²) in [7, 11) is 1.82. The number of nitrogens with zero attached hydrogens (tertiary/aromatic N) is 2. The summed E-state index contributed by atoms with van der Waals surface area (Å²) in [4.78, 5) is 10.2. The maximum absolute atomic E-state index is 6.27. The number of fused-ring (bicyclic) bond motifs is 3. The average molecular weight is 390 g/mol. The summed E-state index contributed by atoms with van der Waals surface area (Å²) in [5, 5.41) is 0. The molecule has 1 aliphatic heterocycles. The molecule has 3 aliphatic rings. The van der Waals surface area contributed by atoms with Gasteiger partial charge < -0.3 is 10.5 Å². The van der Waals surface area contributed by atoms with Gasteiger partial charge >= 0.3 is 0 Å². The summed E-state index contributed by atoms with van der Waals surface area (Å²) < 4.78 is 6.68. The first-order valence-electron chi connectivity index (χ1n) is 8.80. The molecule has 1 fully saturated rings. The summed E-state index contributed by atoms with van der Waals surface area (Å²) in [5.74, 6) is 0.624. The van der Waals surface area contributed by atoms with E-state index in [2.05, 4.69) is 41.1 Å². The van der Waals surface area contributed by atoms with Crippen LogP contribution in [-0.4, -0.2) is 24.8 Å². The lowest BCUT2D eigenvalue weighted by atomic mass is 9.65. The number of methoxy groups -OCH3 is 1. The molecule has 0 saturated heterocycles. The molecule has 5 heteroatoms. The van der Waals surface area contributed by atoms with Crippen molar-refractivity contribution in [2.24, 2.45) is 21.1 Å². The van der Waals surface area contributed by atoms with Crippen molar-refractivity contribution in [3.8, 4) is 0 Å². The Kier molecular flexibility index (Phi) is 3.84. The van der Waals surface area contributed by atoms with Crippen molar-refractivity contribution in [2.45, 2.75) is 57.2 Å². The Morgan fingerprint density at radius 2 is 2.04 bits per heavy atom. The molecular formula is C19H24BrN3O. The van der Waals surface area contributed by atoms with Crippen molar-refractivity contribution in [3.63, 3.8) is 0 Å². The summed E-state index contributed by atoms with van der Waals surface area (Å²) in [6, 6.07) is 6.55. The first-order valence-corrected chi connectivity index (χ1v) is 9.59. The van der Waals surface area contributed by atoms with Gasteiger partial charge in [0.2, 0.25) is 0 Å². The molecule has 24 heavy (non-hydrogen) atoms. The van der Waals surface area contributed by atoms with Gasteiger partial charge in [0, 0.05) is 22.6 Å². The van der Waals surface area contributed by atoms with E-state index in [9.17, 15) is 0 Å². The molecular weight excluding hydrogens is 366 g/mol. The SMILES string of the molecule is CCC1=NC2(N=C1N)c1cc(Br)ccc1C[C@]21CC[C@@H](OC)CC1. The molecule has 2 N–H and O–H groups in total. The number of hydrogen-bond acceptors (Lipinski definition) is 4. The number of aliphatic imine (C=N–C) groups is 2. The smallest absolute Gasteiger partial charge is 0.184 e. The molecule has 0 amide bonds. The van der Waals surface area contributed by atoms with Crippen LogP contribution in [0, 0.1) is 5.41 Å². The highest BCUT2D eigenvalue weighted by Crippen LogP contribution is 2.62. The molecule has 4 rings (SSSR count). The number of halogens is 1. The van der Waals surface area contributed by atoms with E-state index in [4.69, 9.17) is 20.5 Å². The number of ether oxygens (including phenoxy) is 1. The zero-order valence-corrected chi connectivity index (χ0v) is 15.9. The molecule has 1 saturated carbocycles. The average Bonchev–Trinajstić information content (AvgIpc) is 3.06. The van der Waals surface area contributed by atoms with E-state index in [1.54, 1.807) is 0 Å². The van der Waals surface area contributed by atoms with Gasteiger partial charge in [0.15, 0.2) is 5.66 Å². The highest BCUT2D eigenvalue weighted by molar-refractivity contribution is 9.10. The van der Waals surface area contributed by atoms with Gasteiger partial charge in [-0.15, -0.1) is 0 Å². The predicted molar refractivity (Wildman–Crippen MR) is 101 cm³/mol. The van der Waals surface area contributed by atoms with Crippen molar-refractivity contribution >= 4 is 27.5 Å². The molecule has 1 heterocycles. The predicted octanol–water partition coefficient (Wildman–Crippen LogP) is 3.96. The van der Waals surface area contributed by atoms with Crippen LogP contribution in [0.15, 0.2) is 32.7 Å². The highest BCUT2D eigenvalue weighted by Gasteiger charge is 2.60. The van der Waals surface area contributed by atoms with Gasteiger partial charge in [0.05, 0.1) is 11.8 Å². The van der Waals surface area contributed by atoms with Gasteiger partial charge in [-0.25, -0.2) is 4.99 Å². The fraction of sp³-hybridized carbons (Fsp3) is 0.579. The molecule has 1 aromatic rings. The van der Waals surface area contributed by atoms with Crippen molar-refractivity contribution in [1.82, 2.24) is 0 Å². The van der Waals surface area contributed by atoms with E-state index in [0.717, 1.165) is 48.7 Å². The second-order valence-electron chi connectivity index (χ2n) is 7.27. The Balaban J connectivity index is 1.86. The number of rotatable bonds is 2. The van der Waals surface area contributed by atoms with Crippen LogP contribution in [-0.2, 0) is 16.8 Å². The van der Waals surface area contributed by atoms with E-state index >= 15 is 0 Å². The first-order chi connectivity index (χ1) is 11.5. The zero-order valence-electron chi connectivity index (χ0n) is 14.3. The van der Waals surface area contributed by atoms with Crippen molar-refractivity contribution in [3.05, 3.63) is 33.8 Å². The third-order valence-corrected chi connectivity index (χ3v) is 6.64. The lowest BCUT2D eigenvalue weighted by molar-refractivity contribution is -0.000399. The Labute approximate surface area is 151 Å². The van der Waals surface area contributed by atoms with Crippen LogP contribution in [0.1, 0.15) is 50.2 Å². The highest BCUT2D eigenvalue weighted by atomic mass is 79.9. The molecule has 0 radical (unpaired) electrons. The molecule has 4 nitrogen and oxygen atoms in total. The molecule has 1 atom stereocenters. The summed E-state index contributed by atoms with van der Waals surface area (Å²) in [6.07, 6.45) is 6.52. The van der Waals surface area contributed by atoms with E-state index < -0.39 is 5.66 Å². The first kappa shape index (κ1) is 16.3. The quantitative estimate of drug-likeness (QED) is 0.831. The minimum Gasteiger partial charge on any atom is -0.382 e. The Morgan fingerprint density at radius 1 is 1.29 bits per heavy atom. The van der Waals surface area contributed by atoms with Crippen LogP contribution in [0.3, 0.4) is 0 Å². The van der Waals surface area contributed by atoms with E-state index in [-0.39, 0.29) is 5.41 Å². The van der Waals surface area contributed by atoms with Crippen LogP contribution in [0.2, 0.25) is 0 Å². The largest absolute Gasteiger partial charge is 0.382 e. The van der Waals surface area contributed by atoms with Crippen LogP contribution < -0.4 is 5.73 Å². The van der Waals surface area contributed by atoms with E-state index in [1.165, 1.54) is 11.1 Å². The van der Waals surface area contributed by atoms with Crippen LogP contribution in [0.5, 0.6) is 0 Å². The zero-order chi connectivity index (χ0) is 16.9. The minimum atomic E-state index is -0.528. The second kappa shape index (κ2) is 5.67. The van der Waals surface area contributed by atoms with Gasteiger partial charge in [-0.2, -0.15) is 0 Å². The number of amidine groups is 1. The fourth-order valence-electron chi connectivity index (χ4n) is 4.84. The minimum absolute atomic E-state index is 0.0344. The maximum Gasteiger partial charge on any atom is 0.184 e. The van der Waals surface area contributed by atoms with E-state index in [1.807, 2.05) is 7.11 Å². The van der Waals surface area contributed by atoms with E-state index in [0.29, 0.717) is 11.9 Å². The Morgan fingerprint density at radius 3 is 2.67 bits per heavy atom.